The molecule has 1 aliphatic rings. The number of halogens is 1. The van der Waals surface area contributed by atoms with Gasteiger partial charge in [0, 0.05) is 12.2 Å². The number of nitrogens with one attached hydrogen (secondary N) is 1. The molecule has 0 saturated heterocycles. The zero-order valence-electron chi connectivity index (χ0n) is 12.6. The second kappa shape index (κ2) is 7.03. The lowest BCUT2D eigenvalue weighted by molar-refractivity contribution is 0.0602. The van der Waals surface area contributed by atoms with E-state index in [0.717, 1.165) is 12.5 Å². The van der Waals surface area contributed by atoms with Gasteiger partial charge in [-0.15, -0.1) is 0 Å². The lowest BCUT2D eigenvalue weighted by Gasteiger charge is -2.27. The maximum atomic E-state index is 11.9. The molecule has 0 radical (unpaired) electrons. The van der Waals surface area contributed by atoms with Gasteiger partial charge < -0.3 is 15.8 Å². The third-order valence-electron chi connectivity index (χ3n) is 4.13. The smallest absolute Gasteiger partial charge is 0.340 e. The first-order chi connectivity index (χ1) is 10.0. The second-order valence-electron chi connectivity index (χ2n) is 5.94. The van der Waals surface area contributed by atoms with Gasteiger partial charge in [0.05, 0.1) is 23.4 Å². The average Bonchev–Trinajstić information content (AvgIpc) is 2.45. The summed E-state index contributed by atoms with van der Waals surface area (Å²) in [4.78, 5) is 11.9. The van der Waals surface area contributed by atoms with Crippen molar-refractivity contribution in [1.82, 2.24) is 0 Å². The summed E-state index contributed by atoms with van der Waals surface area (Å²) in [7, 11) is 1.35. The number of methoxy groups -OCH3 is 1. The van der Waals surface area contributed by atoms with E-state index in [1.54, 1.807) is 12.1 Å². The van der Waals surface area contributed by atoms with E-state index in [-0.39, 0.29) is 0 Å². The molecule has 2 atom stereocenters. The van der Waals surface area contributed by atoms with Gasteiger partial charge in [-0.2, -0.15) is 0 Å². The molecule has 1 aliphatic carbocycles. The molecular weight excluding hydrogens is 288 g/mol. The lowest BCUT2D eigenvalue weighted by atomic mass is 9.82. The van der Waals surface area contributed by atoms with Crippen LogP contribution in [-0.4, -0.2) is 19.6 Å². The summed E-state index contributed by atoms with van der Waals surface area (Å²) in [6.07, 6.45) is 5.02. The van der Waals surface area contributed by atoms with Crippen molar-refractivity contribution in [2.75, 3.05) is 24.7 Å². The Morgan fingerprint density at radius 1 is 1.48 bits per heavy atom. The van der Waals surface area contributed by atoms with E-state index >= 15 is 0 Å². The SMILES string of the molecule is COC(=O)c1cc(N)cc(Cl)c1NCC1CCCC(C)C1. The van der Waals surface area contributed by atoms with Crippen LogP contribution < -0.4 is 11.1 Å². The Kier molecular flexibility index (Phi) is 5.34. The first-order valence-electron chi connectivity index (χ1n) is 7.42. The van der Waals surface area contributed by atoms with Crippen LogP contribution in [0.3, 0.4) is 0 Å². The Morgan fingerprint density at radius 2 is 2.24 bits per heavy atom. The molecule has 0 bridgehead atoms. The molecule has 2 unspecified atom stereocenters. The Labute approximate surface area is 131 Å². The lowest BCUT2D eigenvalue weighted by Crippen LogP contribution is -2.22. The number of carbonyl (C=O) groups excluding carboxylic acids is 1. The Bertz CT molecular complexity index is 519. The predicted molar refractivity (Wildman–Crippen MR) is 86.8 cm³/mol. The summed E-state index contributed by atoms with van der Waals surface area (Å²) in [5, 5.41) is 3.78. The molecule has 4 nitrogen and oxygen atoms in total. The van der Waals surface area contributed by atoms with Crippen LogP contribution in [0.1, 0.15) is 43.0 Å². The van der Waals surface area contributed by atoms with E-state index in [1.165, 1.54) is 32.8 Å². The van der Waals surface area contributed by atoms with Crippen LogP contribution >= 0.6 is 11.6 Å². The molecule has 0 heterocycles. The van der Waals surface area contributed by atoms with Crippen molar-refractivity contribution in [3.63, 3.8) is 0 Å². The highest BCUT2D eigenvalue weighted by Gasteiger charge is 2.21. The fourth-order valence-electron chi connectivity index (χ4n) is 3.07. The number of rotatable bonds is 4. The molecule has 1 fully saturated rings. The highest BCUT2D eigenvalue weighted by molar-refractivity contribution is 6.34. The second-order valence-corrected chi connectivity index (χ2v) is 6.34. The molecule has 0 aliphatic heterocycles. The molecule has 5 heteroatoms. The Morgan fingerprint density at radius 3 is 2.90 bits per heavy atom. The Balaban J connectivity index is 2.13. The van der Waals surface area contributed by atoms with E-state index in [4.69, 9.17) is 22.1 Å². The normalized spacial score (nSPS) is 21.9. The maximum Gasteiger partial charge on any atom is 0.340 e. The van der Waals surface area contributed by atoms with E-state index in [2.05, 4.69) is 12.2 Å². The fourth-order valence-corrected chi connectivity index (χ4v) is 3.36. The van der Waals surface area contributed by atoms with Gasteiger partial charge in [-0.25, -0.2) is 4.79 Å². The number of nitrogens with two attached hydrogens (primary N) is 1. The Hall–Kier alpha value is -1.42. The van der Waals surface area contributed by atoms with E-state index in [9.17, 15) is 4.79 Å². The molecule has 116 valence electrons. The molecule has 1 aromatic carbocycles. The van der Waals surface area contributed by atoms with Crippen molar-refractivity contribution < 1.29 is 9.53 Å². The van der Waals surface area contributed by atoms with Crippen LogP contribution in [0.5, 0.6) is 0 Å². The highest BCUT2D eigenvalue weighted by Crippen LogP contribution is 2.32. The predicted octanol–water partition coefficient (Wildman–Crippen LogP) is 3.95. The summed E-state index contributed by atoms with van der Waals surface area (Å²) in [6.45, 7) is 3.11. The first kappa shape index (κ1) is 16.0. The topological polar surface area (TPSA) is 64.3 Å². The van der Waals surface area contributed by atoms with E-state index in [0.29, 0.717) is 27.9 Å². The number of benzene rings is 1. The first-order valence-corrected chi connectivity index (χ1v) is 7.80. The number of ether oxygens (including phenoxy) is 1. The van der Waals surface area contributed by atoms with Crippen molar-refractivity contribution >= 4 is 28.9 Å². The third-order valence-corrected chi connectivity index (χ3v) is 4.43. The molecule has 1 aromatic rings. The summed E-state index contributed by atoms with van der Waals surface area (Å²) >= 11 is 6.23. The van der Waals surface area contributed by atoms with Gasteiger partial charge in [-0.05, 0) is 36.8 Å². The standard InChI is InChI=1S/C16H23ClN2O2/c1-10-4-3-5-11(6-10)9-19-15-13(16(20)21-2)7-12(18)8-14(15)17/h7-8,10-11,19H,3-6,9,18H2,1-2H3. The maximum absolute atomic E-state index is 11.9. The van der Waals surface area contributed by atoms with Gasteiger partial charge in [0.1, 0.15) is 0 Å². The minimum Gasteiger partial charge on any atom is -0.465 e. The van der Waals surface area contributed by atoms with E-state index < -0.39 is 5.97 Å². The van der Waals surface area contributed by atoms with Gasteiger partial charge >= 0.3 is 5.97 Å². The van der Waals surface area contributed by atoms with Gasteiger partial charge in [0.15, 0.2) is 0 Å². The highest BCUT2D eigenvalue weighted by atomic mass is 35.5. The van der Waals surface area contributed by atoms with Crippen LogP contribution in [0.25, 0.3) is 0 Å². The van der Waals surface area contributed by atoms with Crippen molar-refractivity contribution in [2.24, 2.45) is 11.8 Å². The van der Waals surface area contributed by atoms with Crippen molar-refractivity contribution in [1.29, 1.82) is 0 Å². The number of hydrogen-bond donors (Lipinski definition) is 2. The van der Waals surface area contributed by atoms with Gasteiger partial charge in [0.2, 0.25) is 0 Å². The summed E-state index contributed by atoms with van der Waals surface area (Å²) in [6, 6.07) is 3.25. The fraction of sp³-hybridized carbons (Fsp3) is 0.562. The molecule has 21 heavy (non-hydrogen) atoms. The minimum atomic E-state index is -0.427. The van der Waals surface area contributed by atoms with Gasteiger partial charge in [-0.1, -0.05) is 31.4 Å². The largest absolute Gasteiger partial charge is 0.465 e. The quantitative estimate of drug-likeness (QED) is 0.653. The monoisotopic (exact) mass is 310 g/mol. The zero-order valence-corrected chi connectivity index (χ0v) is 13.4. The minimum absolute atomic E-state index is 0.395. The summed E-state index contributed by atoms with van der Waals surface area (Å²) in [5.74, 6) is 0.962. The van der Waals surface area contributed by atoms with Crippen LogP contribution in [0, 0.1) is 11.8 Å². The van der Waals surface area contributed by atoms with Crippen molar-refractivity contribution in [3.8, 4) is 0 Å². The number of hydrogen-bond acceptors (Lipinski definition) is 4. The van der Waals surface area contributed by atoms with Crippen LogP contribution in [0.2, 0.25) is 5.02 Å². The molecule has 3 N–H and O–H groups in total. The number of esters is 1. The van der Waals surface area contributed by atoms with Gasteiger partial charge in [0.25, 0.3) is 0 Å². The van der Waals surface area contributed by atoms with Crippen molar-refractivity contribution in [3.05, 3.63) is 22.7 Å². The molecule has 0 amide bonds. The molecule has 1 saturated carbocycles. The van der Waals surface area contributed by atoms with Crippen molar-refractivity contribution in [2.45, 2.75) is 32.6 Å². The average molecular weight is 311 g/mol. The summed E-state index contributed by atoms with van der Waals surface area (Å²) in [5.41, 5.74) is 7.23. The number of anilines is 2. The van der Waals surface area contributed by atoms with Crippen LogP contribution in [-0.2, 0) is 4.74 Å². The number of nitrogen functional groups attached to an aromatic ring is 1. The summed E-state index contributed by atoms with van der Waals surface area (Å²) < 4.78 is 4.80. The molecule has 2 rings (SSSR count). The zero-order chi connectivity index (χ0) is 15.4. The number of carbonyl (C=O) groups is 1. The molecule has 0 spiro atoms. The van der Waals surface area contributed by atoms with Crippen LogP contribution in [0.4, 0.5) is 11.4 Å². The third kappa shape index (κ3) is 4.03. The molecule has 0 aromatic heterocycles. The van der Waals surface area contributed by atoms with E-state index in [1.807, 2.05) is 0 Å². The molecular formula is C16H23ClN2O2. The van der Waals surface area contributed by atoms with Gasteiger partial charge in [-0.3, -0.25) is 0 Å². The van der Waals surface area contributed by atoms with Crippen LogP contribution in [0.15, 0.2) is 12.1 Å².